The van der Waals surface area contributed by atoms with E-state index in [9.17, 15) is 13.2 Å². The van der Waals surface area contributed by atoms with Gasteiger partial charge in [0.05, 0.1) is 43.6 Å². The van der Waals surface area contributed by atoms with Crippen LogP contribution in [0.3, 0.4) is 0 Å². The Labute approximate surface area is 138 Å². The van der Waals surface area contributed by atoms with Gasteiger partial charge in [0.2, 0.25) is 5.91 Å². The van der Waals surface area contributed by atoms with Gasteiger partial charge in [-0.3, -0.25) is 4.79 Å². The minimum absolute atomic E-state index is 0.0426. The first-order chi connectivity index (χ1) is 10.9. The van der Waals surface area contributed by atoms with Gasteiger partial charge in [0.15, 0.2) is 9.84 Å². The molecule has 0 bridgehead atoms. The van der Waals surface area contributed by atoms with Crippen molar-refractivity contribution in [3.8, 4) is 0 Å². The molecule has 126 valence electrons. The minimum atomic E-state index is -2.99. The molecule has 2 fully saturated rings. The van der Waals surface area contributed by atoms with Crippen molar-refractivity contribution in [3.05, 3.63) is 35.4 Å². The Balaban J connectivity index is 1.52. The number of amides is 1. The molecule has 6 heteroatoms. The molecule has 2 aliphatic rings. The van der Waals surface area contributed by atoms with Crippen molar-refractivity contribution in [2.75, 3.05) is 37.7 Å². The van der Waals surface area contributed by atoms with E-state index in [4.69, 9.17) is 0 Å². The van der Waals surface area contributed by atoms with Crippen LogP contribution in [-0.2, 0) is 21.2 Å². The fraction of sp³-hybridized carbons (Fsp3) is 0.588. The summed E-state index contributed by atoms with van der Waals surface area (Å²) in [5.74, 6) is -0.0526. The summed E-state index contributed by atoms with van der Waals surface area (Å²) in [6.07, 6.45) is 0.497. The number of carbonyl (C=O) groups is 1. The van der Waals surface area contributed by atoms with Crippen LogP contribution in [0.4, 0.5) is 0 Å². The summed E-state index contributed by atoms with van der Waals surface area (Å²) < 4.78 is 23.1. The first-order valence-corrected chi connectivity index (χ1v) is 10.1. The standard InChI is InChI=1S/C17H24N2O3S/c1-14-4-2-3-5-15(14)12-18-7-9-19(10-8-18)17(20)16-6-11-23(21,22)13-16/h2-5,16H,6-13H2,1H3/p+1/t16-/m1/s1. The van der Waals surface area contributed by atoms with Gasteiger partial charge >= 0.3 is 0 Å². The highest BCUT2D eigenvalue weighted by molar-refractivity contribution is 7.91. The van der Waals surface area contributed by atoms with Gasteiger partial charge < -0.3 is 9.80 Å². The van der Waals surface area contributed by atoms with Crippen molar-refractivity contribution in [2.45, 2.75) is 19.9 Å². The number of aryl methyl sites for hydroxylation is 1. The average Bonchev–Trinajstić information content (AvgIpc) is 2.90. The second-order valence-corrected chi connectivity index (χ2v) is 9.01. The number of rotatable bonds is 3. The normalized spacial score (nSPS) is 24.7. The number of benzene rings is 1. The lowest BCUT2D eigenvalue weighted by Crippen LogP contribution is -3.13. The van der Waals surface area contributed by atoms with Crippen LogP contribution in [0.15, 0.2) is 24.3 Å². The lowest BCUT2D eigenvalue weighted by Gasteiger charge is -2.33. The number of hydrogen-bond donors (Lipinski definition) is 1. The molecule has 3 rings (SSSR count). The Hall–Kier alpha value is -1.40. The molecule has 23 heavy (non-hydrogen) atoms. The van der Waals surface area contributed by atoms with Crippen LogP contribution in [0.1, 0.15) is 17.5 Å². The van der Waals surface area contributed by atoms with Crippen molar-refractivity contribution >= 4 is 15.7 Å². The van der Waals surface area contributed by atoms with Gasteiger partial charge in [0, 0.05) is 5.56 Å². The van der Waals surface area contributed by atoms with Crippen molar-refractivity contribution in [3.63, 3.8) is 0 Å². The van der Waals surface area contributed by atoms with Crippen molar-refractivity contribution < 1.29 is 18.1 Å². The zero-order chi connectivity index (χ0) is 16.4. The molecule has 1 atom stereocenters. The van der Waals surface area contributed by atoms with Crippen LogP contribution in [0.5, 0.6) is 0 Å². The quantitative estimate of drug-likeness (QED) is 0.821. The SMILES string of the molecule is Cc1ccccc1C[NH+]1CCN(C(=O)[C@@H]2CCS(=O)(=O)C2)CC1. The molecule has 2 saturated heterocycles. The monoisotopic (exact) mass is 337 g/mol. The molecule has 2 heterocycles. The summed E-state index contributed by atoms with van der Waals surface area (Å²) in [5.41, 5.74) is 2.68. The van der Waals surface area contributed by atoms with E-state index in [0.717, 1.165) is 32.7 Å². The van der Waals surface area contributed by atoms with Crippen LogP contribution in [0, 0.1) is 12.8 Å². The van der Waals surface area contributed by atoms with Gasteiger partial charge in [-0.25, -0.2) is 8.42 Å². The largest absolute Gasteiger partial charge is 0.331 e. The summed E-state index contributed by atoms with van der Waals surface area (Å²) in [4.78, 5) is 15.8. The van der Waals surface area contributed by atoms with Crippen LogP contribution in [0.25, 0.3) is 0 Å². The highest BCUT2D eigenvalue weighted by atomic mass is 32.2. The van der Waals surface area contributed by atoms with E-state index in [0.29, 0.717) is 6.42 Å². The van der Waals surface area contributed by atoms with Crippen molar-refractivity contribution in [1.29, 1.82) is 0 Å². The Morgan fingerprint density at radius 1 is 1.26 bits per heavy atom. The molecule has 1 aromatic rings. The first-order valence-electron chi connectivity index (χ1n) is 8.32. The molecule has 0 spiro atoms. The maximum Gasteiger partial charge on any atom is 0.227 e. The van der Waals surface area contributed by atoms with Gasteiger partial charge in [-0.2, -0.15) is 0 Å². The van der Waals surface area contributed by atoms with Gasteiger partial charge in [0.25, 0.3) is 0 Å². The molecule has 2 aliphatic heterocycles. The summed E-state index contributed by atoms with van der Waals surface area (Å²) in [5, 5.41) is 0. The van der Waals surface area contributed by atoms with E-state index >= 15 is 0 Å². The molecule has 0 radical (unpaired) electrons. The Morgan fingerprint density at radius 2 is 1.96 bits per heavy atom. The van der Waals surface area contributed by atoms with Crippen LogP contribution in [0.2, 0.25) is 0 Å². The molecular weight excluding hydrogens is 312 g/mol. The van der Waals surface area contributed by atoms with Crippen LogP contribution >= 0.6 is 0 Å². The maximum absolute atomic E-state index is 12.5. The molecule has 5 nitrogen and oxygen atoms in total. The zero-order valence-corrected chi connectivity index (χ0v) is 14.4. The molecule has 0 aliphatic carbocycles. The van der Waals surface area contributed by atoms with E-state index in [2.05, 4.69) is 31.2 Å². The minimum Gasteiger partial charge on any atom is -0.331 e. The Bertz CT molecular complexity index is 679. The van der Waals surface area contributed by atoms with Gasteiger partial charge in [-0.1, -0.05) is 24.3 Å². The van der Waals surface area contributed by atoms with E-state index in [1.807, 2.05) is 4.90 Å². The van der Waals surface area contributed by atoms with Gasteiger partial charge in [-0.15, -0.1) is 0 Å². The smallest absolute Gasteiger partial charge is 0.227 e. The zero-order valence-electron chi connectivity index (χ0n) is 13.6. The first kappa shape index (κ1) is 16.5. The van der Waals surface area contributed by atoms with E-state index in [1.54, 1.807) is 0 Å². The van der Waals surface area contributed by atoms with E-state index < -0.39 is 9.84 Å². The number of hydrogen-bond acceptors (Lipinski definition) is 3. The van der Waals surface area contributed by atoms with E-state index in [1.165, 1.54) is 16.0 Å². The predicted molar refractivity (Wildman–Crippen MR) is 88.9 cm³/mol. The number of sulfone groups is 1. The number of carbonyl (C=O) groups excluding carboxylic acids is 1. The summed E-state index contributed by atoms with van der Waals surface area (Å²) in [7, 11) is -2.99. The number of quaternary nitrogens is 1. The van der Waals surface area contributed by atoms with Gasteiger partial charge in [-0.05, 0) is 18.9 Å². The third-order valence-corrected chi connectivity index (χ3v) is 6.83. The number of nitrogens with one attached hydrogen (secondary N) is 1. The molecule has 1 N–H and O–H groups in total. The third kappa shape index (κ3) is 3.93. The number of nitrogens with zero attached hydrogens (tertiary/aromatic N) is 1. The van der Waals surface area contributed by atoms with Crippen LogP contribution in [-0.4, -0.2) is 56.9 Å². The summed E-state index contributed by atoms with van der Waals surface area (Å²) in [6.45, 7) is 6.45. The third-order valence-electron chi connectivity index (χ3n) is 5.07. The summed E-state index contributed by atoms with van der Waals surface area (Å²) in [6, 6.07) is 8.43. The van der Waals surface area contributed by atoms with E-state index in [-0.39, 0.29) is 23.3 Å². The lowest BCUT2D eigenvalue weighted by molar-refractivity contribution is -0.917. The number of piperazine rings is 1. The Morgan fingerprint density at radius 3 is 2.57 bits per heavy atom. The molecule has 0 aromatic heterocycles. The second kappa shape index (κ2) is 6.61. The fourth-order valence-corrected chi connectivity index (χ4v) is 5.28. The predicted octanol–water partition coefficient (Wildman–Crippen LogP) is -0.343. The highest BCUT2D eigenvalue weighted by Crippen LogP contribution is 2.20. The van der Waals surface area contributed by atoms with Crippen molar-refractivity contribution in [1.82, 2.24) is 4.90 Å². The average molecular weight is 337 g/mol. The van der Waals surface area contributed by atoms with Crippen molar-refractivity contribution in [2.24, 2.45) is 5.92 Å². The maximum atomic E-state index is 12.5. The summed E-state index contributed by atoms with van der Waals surface area (Å²) >= 11 is 0. The fourth-order valence-electron chi connectivity index (χ4n) is 3.55. The molecule has 0 unspecified atom stereocenters. The Kier molecular flexibility index (Phi) is 4.73. The molecule has 1 aromatic carbocycles. The lowest BCUT2D eigenvalue weighted by atomic mass is 10.1. The van der Waals surface area contributed by atoms with Crippen LogP contribution < -0.4 is 4.90 Å². The molecule has 0 saturated carbocycles. The molecule has 1 amide bonds. The topological polar surface area (TPSA) is 58.9 Å². The van der Waals surface area contributed by atoms with Gasteiger partial charge in [0.1, 0.15) is 6.54 Å². The highest BCUT2D eigenvalue weighted by Gasteiger charge is 2.36. The molecular formula is C17H25N2O3S+. The second-order valence-electron chi connectivity index (χ2n) is 6.78.